The predicted molar refractivity (Wildman–Crippen MR) is 112 cm³/mol. The first-order chi connectivity index (χ1) is 13.0. The zero-order valence-electron chi connectivity index (χ0n) is 17.5. The Labute approximate surface area is 166 Å². The molecule has 7 unspecified atom stereocenters. The molecule has 2 heteroatoms. The molecule has 0 aromatic carbocycles. The van der Waals surface area contributed by atoms with E-state index in [2.05, 4.69) is 32.1 Å². The Kier molecular flexibility index (Phi) is 5.65. The molecule has 27 heavy (non-hydrogen) atoms. The van der Waals surface area contributed by atoms with E-state index >= 15 is 0 Å². The molecule has 2 N–H and O–H groups in total. The highest BCUT2D eigenvalue weighted by Gasteiger charge is 2.52. The van der Waals surface area contributed by atoms with Gasteiger partial charge in [0.25, 0.3) is 0 Å². The third-order valence-electron chi connectivity index (χ3n) is 8.40. The number of carbonyl (C=O) groups excluding carboxylic acids is 1. The van der Waals surface area contributed by atoms with Crippen LogP contribution in [0.3, 0.4) is 0 Å². The highest BCUT2D eigenvalue weighted by Crippen LogP contribution is 2.54. The third-order valence-corrected chi connectivity index (χ3v) is 8.40. The van der Waals surface area contributed by atoms with E-state index in [1.54, 1.807) is 0 Å². The highest BCUT2D eigenvalue weighted by atomic mass is 16.1. The molecule has 4 rings (SSSR count). The number of rotatable bonds is 1. The van der Waals surface area contributed by atoms with Crippen molar-refractivity contribution < 1.29 is 4.79 Å². The minimum absolute atomic E-state index is 0.353. The summed E-state index contributed by atoms with van der Waals surface area (Å²) >= 11 is 0. The minimum Gasteiger partial charge on any atom is -0.321 e. The zero-order valence-corrected chi connectivity index (χ0v) is 17.5. The molecule has 4 aliphatic rings. The van der Waals surface area contributed by atoms with Gasteiger partial charge in [-0.15, -0.1) is 0 Å². The first-order valence-corrected chi connectivity index (χ1v) is 11.7. The van der Waals surface area contributed by atoms with Gasteiger partial charge in [0.05, 0.1) is 5.54 Å². The molecule has 2 saturated carbocycles. The summed E-state index contributed by atoms with van der Waals surface area (Å²) in [5, 5.41) is 0. The fraction of sp³-hybridized carbons (Fsp3) is 0.800. The molecule has 4 aliphatic carbocycles. The summed E-state index contributed by atoms with van der Waals surface area (Å²) in [5.41, 5.74) is 8.18. The average Bonchev–Trinajstić information content (AvgIpc) is 3.20. The van der Waals surface area contributed by atoms with Crippen LogP contribution in [0.1, 0.15) is 84.5 Å². The molecular formula is C25H39NO. The summed E-state index contributed by atoms with van der Waals surface area (Å²) in [6.45, 7) is 4.63. The van der Waals surface area contributed by atoms with Crippen LogP contribution in [0.5, 0.6) is 0 Å². The van der Waals surface area contributed by atoms with Crippen molar-refractivity contribution >= 4 is 5.78 Å². The molecule has 0 aromatic rings. The Hall–Kier alpha value is -0.890. The van der Waals surface area contributed by atoms with E-state index in [4.69, 9.17) is 5.73 Å². The summed E-state index contributed by atoms with van der Waals surface area (Å²) < 4.78 is 0. The van der Waals surface area contributed by atoms with Crippen LogP contribution in [0.4, 0.5) is 0 Å². The lowest BCUT2D eigenvalue weighted by atomic mass is 9.66. The lowest BCUT2D eigenvalue weighted by Gasteiger charge is -2.40. The van der Waals surface area contributed by atoms with Gasteiger partial charge in [-0.3, -0.25) is 4.79 Å². The number of ketones is 1. The van der Waals surface area contributed by atoms with Gasteiger partial charge in [0.1, 0.15) is 5.78 Å². The number of nitrogens with two attached hydrogens (primary N) is 1. The fourth-order valence-electron chi connectivity index (χ4n) is 6.80. The van der Waals surface area contributed by atoms with Gasteiger partial charge in [-0.05, 0) is 48.9 Å². The number of carbonyl (C=O) groups is 1. The van der Waals surface area contributed by atoms with Crippen LogP contribution < -0.4 is 5.73 Å². The summed E-state index contributed by atoms with van der Waals surface area (Å²) in [5.74, 6) is 4.10. The van der Waals surface area contributed by atoms with Crippen LogP contribution in [-0.2, 0) is 4.79 Å². The van der Waals surface area contributed by atoms with Gasteiger partial charge in [0.2, 0.25) is 0 Å². The first kappa shape index (κ1) is 19.4. The largest absolute Gasteiger partial charge is 0.321 e. The quantitative estimate of drug-likeness (QED) is 0.592. The molecule has 0 heterocycles. The van der Waals surface area contributed by atoms with E-state index in [1.807, 2.05) is 0 Å². The molecule has 0 aromatic heterocycles. The predicted octanol–water partition coefficient (Wildman–Crippen LogP) is 5.82. The van der Waals surface area contributed by atoms with Crippen molar-refractivity contribution in [3.8, 4) is 0 Å². The third kappa shape index (κ3) is 3.71. The van der Waals surface area contributed by atoms with Crippen LogP contribution in [0, 0.1) is 35.5 Å². The lowest BCUT2D eigenvalue weighted by molar-refractivity contribution is -0.121. The Bertz CT molecular complexity index is 620. The average molecular weight is 370 g/mol. The van der Waals surface area contributed by atoms with Crippen molar-refractivity contribution in [2.75, 3.05) is 0 Å². The monoisotopic (exact) mass is 369 g/mol. The Balaban J connectivity index is 1.64. The normalized spacial score (nSPS) is 45.3. The zero-order chi connectivity index (χ0) is 19.0. The Morgan fingerprint density at radius 3 is 2.70 bits per heavy atom. The van der Waals surface area contributed by atoms with E-state index < -0.39 is 5.54 Å². The van der Waals surface area contributed by atoms with Gasteiger partial charge < -0.3 is 5.73 Å². The number of hydrogen-bond donors (Lipinski definition) is 1. The van der Waals surface area contributed by atoms with Crippen molar-refractivity contribution in [2.24, 2.45) is 41.2 Å². The lowest BCUT2D eigenvalue weighted by Crippen LogP contribution is -2.50. The van der Waals surface area contributed by atoms with Gasteiger partial charge in [-0.1, -0.05) is 76.2 Å². The Morgan fingerprint density at radius 1 is 1.07 bits per heavy atom. The molecule has 0 bridgehead atoms. The molecule has 0 amide bonds. The maximum Gasteiger partial charge on any atom is 0.135 e. The second-order valence-corrected chi connectivity index (χ2v) is 10.3. The summed E-state index contributed by atoms with van der Waals surface area (Å²) in [6.07, 6.45) is 20.1. The molecule has 0 saturated heterocycles. The van der Waals surface area contributed by atoms with E-state index in [1.165, 1.54) is 50.5 Å². The fourth-order valence-corrected chi connectivity index (χ4v) is 6.80. The van der Waals surface area contributed by atoms with Crippen LogP contribution >= 0.6 is 0 Å². The minimum atomic E-state index is -0.419. The van der Waals surface area contributed by atoms with Crippen molar-refractivity contribution in [1.82, 2.24) is 0 Å². The molecule has 150 valence electrons. The van der Waals surface area contributed by atoms with Crippen LogP contribution in [0.15, 0.2) is 23.8 Å². The van der Waals surface area contributed by atoms with Crippen LogP contribution in [0.2, 0.25) is 0 Å². The maximum absolute atomic E-state index is 13.1. The summed E-state index contributed by atoms with van der Waals surface area (Å²) in [6, 6.07) is 0. The van der Waals surface area contributed by atoms with E-state index in [0.717, 1.165) is 31.1 Å². The van der Waals surface area contributed by atoms with Gasteiger partial charge in [-0.25, -0.2) is 0 Å². The number of hydrogen-bond acceptors (Lipinski definition) is 2. The van der Waals surface area contributed by atoms with Gasteiger partial charge in [-0.2, -0.15) is 0 Å². The van der Waals surface area contributed by atoms with Gasteiger partial charge in [0, 0.05) is 18.8 Å². The number of fused-ring (bicyclic) bond motifs is 5. The molecule has 2 nitrogen and oxygen atoms in total. The second-order valence-electron chi connectivity index (χ2n) is 10.3. The Morgan fingerprint density at radius 2 is 1.89 bits per heavy atom. The summed E-state index contributed by atoms with van der Waals surface area (Å²) in [4.78, 5) is 13.1. The number of Topliss-reactive ketones (excluding diaryl/α,β-unsaturated/α-hetero) is 1. The first-order valence-electron chi connectivity index (χ1n) is 11.7. The highest BCUT2D eigenvalue weighted by molar-refractivity contribution is 5.81. The topological polar surface area (TPSA) is 43.1 Å². The molecule has 2 fully saturated rings. The van der Waals surface area contributed by atoms with E-state index in [0.29, 0.717) is 35.9 Å². The molecular weight excluding hydrogens is 330 g/mol. The van der Waals surface area contributed by atoms with Crippen molar-refractivity contribution in [1.29, 1.82) is 0 Å². The van der Waals surface area contributed by atoms with E-state index in [9.17, 15) is 4.79 Å². The molecule has 0 aliphatic heterocycles. The molecule has 0 radical (unpaired) electrons. The maximum atomic E-state index is 13.1. The van der Waals surface area contributed by atoms with Crippen molar-refractivity contribution in [2.45, 2.75) is 90.0 Å². The van der Waals surface area contributed by atoms with Crippen molar-refractivity contribution in [3.05, 3.63) is 23.8 Å². The SMILES string of the molecule is CCC1CCCCC(C)CC2=CC3C4CCCC4C=CC3C2(N)CC(=O)C1. The summed E-state index contributed by atoms with van der Waals surface area (Å²) in [7, 11) is 0. The smallest absolute Gasteiger partial charge is 0.135 e. The standard InChI is InChI=1S/C25H39NO/c1-3-18-8-5-4-7-17(2)13-20-15-23-22-10-6-9-19(22)11-12-24(23)25(20,26)16-21(27)14-18/h11-12,15,17-19,22-24H,3-10,13-14,16,26H2,1-2H3. The van der Waals surface area contributed by atoms with Crippen LogP contribution in [-0.4, -0.2) is 11.3 Å². The van der Waals surface area contributed by atoms with Crippen LogP contribution in [0.25, 0.3) is 0 Å². The van der Waals surface area contributed by atoms with Gasteiger partial charge in [0.15, 0.2) is 0 Å². The van der Waals surface area contributed by atoms with E-state index in [-0.39, 0.29) is 0 Å². The molecule has 7 atom stereocenters. The molecule has 0 spiro atoms. The number of allylic oxidation sites excluding steroid dienone is 2. The van der Waals surface area contributed by atoms with Gasteiger partial charge >= 0.3 is 0 Å². The van der Waals surface area contributed by atoms with Crippen molar-refractivity contribution in [3.63, 3.8) is 0 Å². The second kappa shape index (κ2) is 7.85.